The van der Waals surface area contributed by atoms with Gasteiger partial charge in [-0.1, -0.05) is 19.1 Å². The van der Waals surface area contributed by atoms with E-state index in [0.717, 1.165) is 31.9 Å². The molecule has 0 aromatic rings. The molecule has 1 saturated heterocycles. The molecule has 1 heterocycles. The number of ether oxygens (including phenoxy) is 1. The summed E-state index contributed by atoms with van der Waals surface area (Å²) in [6.07, 6.45) is 7.75. The second-order valence-electron chi connectivity index (χ2n) is 6.26. The Kier molecular flexibility index (Phi) is 7.42. The van der Waals surface area contributed by atoms with E-state index in [1.807, 2.05) is 11.8 Å². The second-order valence-corrected chi connectivity index (χ2v) is 7.41. The van der Waals surface area contributed by atoms with Gasteiger partial charge in [-0.15, -0.1) is 0 Å². The van der Waals surface area contributed by atoms with E-state index in [0.29, 0.717) is 25.0 Å². The van der Waals surface area contributed by atoms with Gasteiger partial charge >= 0.3 is 0 Å². The zero-order valence-electron chi connectivity index (χ0n) is 12.6. The Balaban J connectivity index is 1.49. The average molecular weight is 299 g/mol. The van der Waals surface area contributed by atoms with Crippen LogP contribution in [0, 0.1) is 17.8 Å². The normalized spacial score (nSPS) is 31.6. The summed E-state index contributed by atoms with van der Waals surface area (Å²) < 4.78 is 5.70. The van der Waals surface area contributed by atoms with Gasteiger partial charge in [0.15, 0.2) is 0 Å². The molecule has 20 heavy (non-hydrogen) atoms. The molecule has 0 amide bonds. The van der Waals surface area contributed by atoms with E-state index in [1.165, 1.54) is 17.9 Å². The minimum Gasteiger partial charge on any atom is -0.389 e. The standard InChI is InChI=1S/C16H29NO2S/c1-13-4-2-3-5-15(13)10-19-11-16(18)9-17-8-14-6-7-20-12-14/h2-3,13-18H,4-12H2,1H3. The lowest BCUT2D eigenvalue weighted by Crippen LogP contribution is -2.34. The highest BCUT2D eigenvalue weighted by Crippen LogP contribution is 2.25. The monoisotopic (exact) mass is 299 g/mol. The Bertz CT molecular complexity index is 292. The molecule has 0 aromatic carbocycles. The molecular weight excluding hydrogens is 270 g/mol. The van der Waals surface area contributed by atoms with Crippen LogP contribution < -0.4 is 5.32 Å². The first-order valence-electron chi connectivity index (χ1n) is 7.95. The minimum atomic E-state index is -0.376. The number of thioether (sulfide) groups is 1. The molecule has 1 aliphatic carbocycles. The summed E-state index contributed by atoms with van der Waals surface area (Å²) in [6.45, 7) is 5.21. The van der Waals surface area contributed by atoms with Gasteiger partial charge in [-0.3, -0.25) is 0 Å². The molecule has 0 radical (unpaired) electrons. The van der Waals surface area contributed by atoms with E-state index in [1.54, 1.807) is 0 Å². The van der Waals surface area contributed by atoms with E-state index in [-0.39, 0.29) is 6.10 Å². The molecule has 0 saturated carbocycles. The van der Waals surface area contributed by atoms with Crippen LogP contribution in [0.3, 0.4) is 0 Å². The van der Waals surface area contributed by atoms with Gasteiger partial charge in [-0.05, 0) is 55.1 Å². The first-order valence-corrected chi connectivity index (χ1v) is 9.10. The van der Waals surface area contributed by atoms with Crippen LogP contribution >= 0.6 is 11.8 Å². The molecule has 1 aliphatic heterocycles. The average Bonchev–Trinajstić information content (AvgIpc) is 2.94. The minimum absolute atomic E-state index is 0.376. The SMILES string of the molecule is CC1CC=CCC1COCC(O)CNCC1CCSC1. The van der Waals surface area contributed by atoms with E-state index in [9.17, 15) is 5.11 Å². The quantitative estimate of drug-likeness (QED) is 0.675. The molecule has 3 nitrogen and oxygen atoms in total. The molecular formula is C16H29NO2S. The highest BCUT2D eigenvalue weighted by Gasteiger charge is 2.19. The van der Waals surface area contributed by atoms with Crippen LogP contribution in [0.1, 0.15) is 26.2 Å². The fourth-order valence-electron chi connectivity index (χ4n) is 2.85. The van der Waals surface area contributed by atoms with Crippen molar-refractivity contribution in [2.24, 2.45) is 17.8 Å². The molecule has 0 aromatic heterocycles. The first kappa shape index (κ1) is 16.3. The summed E-state index contributed by atoms with van der Waals surface area (Å²) in [6, 6.07) is 0. The third-order valence-electron chi connectivity index (χ3n) is 4.40. The summed E-state index contributed by atoms with van der Waals surface area (Å²) in [5.74, 6) is 4.69. The molecule has 4 heteroatoms. The van der Waals surface area contributed by atoms with Crippen molar-refractivity contribution in [2.45, 2.75) is 32.3 Å². The van der Waals surface area contributed by atoms with E-state index >= 15 is 0 Å². The highest BCUT2D eigenvalue weighted by atomic mass is 32.2. The largest absolute Gasteiger partial charge is 0.389 e. The van der Waals surface area contributed by atoms with Crippen LogP contribution in [0.15, 0.2) is 12.2 Å². The number of aliphatic hydroxyl groups excluding tert-OH is 1. The molecule has 4 unspecified atom stereocenters. The molecule has 0 bridgehead atoms. The molecule has 0 spiro atoms. The fraction of sp³-hybridized carbons (Fsp3) is 0.875. The number of nitrogens with one attached hydrogen (secondary N) is 1. The predicted molar refractivity (Wildman–Crippen MR) is 86.2 cm³/mol. The highest BCUT2D eigenvalue weighted by molar-refractivity contribution is 7.99. The number of hydrogen-bond donors (Lipinski definition) is 2. The predicted octanol–water partition coefficient (Wildman–Crippen LogP) is 2.31. The van der Waals surface area contributed by atoms with E-state index in [4.69, 9.17) is 4.74 Å². The lowest BCUT2D eigenvalue weighted by molar-refractivity contribution is 0.0127. The maximum Gasteiger partial charge on any atom is 0.0897 e. The molecule has 2 aliphatic rings. The zero-order valence-corrected chi connectivity index (χ0v) is 13.4. The number of rotatable bonds is 8. The zero-order chi connectivity index (χ0) is 14.2. The molecule has 4 atom stereocenters. The topological polar surface area (TPSA) is 41.5 Å². The Hall–Kier alpha value is -0.0300. The van der Waals surface area contributed by atoms with Gasteiger partial charge in [0.05, 0.1) is 19.3 Å². The number of allylic oxidation sites excluding steroid dienone is 2. The second kappa shape index (κ2) is 9.08. The summed E-state index contributed by atoms with van der Waals surface area (Å²) >= 11 is 2.04. The van der Waals surface area contributed by atoms with Gasteiger partial charge in [0.2, 0.25) is 0 Å². The van der Waals surface area contributed by atoms with Crippen molar-refractivity contribution in [2.75, 3.05) is 37.8 Å². The van der Waals surface area contributed by atoms with Crippen molar-refractivity contribution in [1.29, 1.82) is 0 Å². The Labute approximate surface area is 127 Å². The van der Waals surface area contributed by atoms with Crippen molar-refractivity contribution in [3.05, 3.63) is 12.2 Å². The number of hydrogen-bond acceptors (Lipinski definition) is 4. The van der Waals surface area contributed by atoms with Crippen LogP contribution in [0.25, 0.3) is 0 Å². The Morgan fingerprint density at radius 2 is 2.25 bits per heavy atom. The summed E-state index contributed by atoms with van der Waals surface area (Å²) in [5.41, 5.74) is 0. The van der Waals surface area contributed by atoms with Crippen LogP contribution in [0.4, 0.5) is 0 Å². The fourth-order valence-corrected chi connectivity index (χ4v) is 4.14. The van der Waals surface area contributed by atoms with Crippen molar-refractivity contribution >= 4 is 11.8 Å². The van der Waals surface area contributed by atoms with Crippen LogP contribution in [-0.2, 0) is 4.74 Å². The molecule has 2 N–H and O–H groups in total. The van der Waals surface area contributed by atoms with Crippen LogP contribution in [0.2, 0.25) is 0 Å². The van der Waals surface area contributed by atoms with Crippen molar-refractivity contribution in [3.63, 3.8) is 0 Å². The first-order chi connectivity index (χ1) is 9.75. The summed E-state index contributed by atoms with van der Waals surface area (Å²) in [4.78, 5) is 0. The summed E-state index contributed by atoms with van der Waals surface area (Å²) in [7, 11) is 0. The van der Waals surface area contributed by atoms with Crippen LogP contribution in [-0.4, -0.2) is 49.0 Å². The molecule has 116 valence electrons. The lowest BCUT2D eigenvalue weighted by atomic mass is 9.85. The lowest BCUT2D eigenvalue weighted by Gasteiger charge is -2.25. The smallest absolute Gasteiger partial charge is 0.0897 e. The van der Waals surface area contributed by atoms with Gasteiger partial charge in [-0.25, -0.2) is 0 Å². The van der Waals surface area contributed by atoms with Crippen molar-refractivity contribution < 1.29 is 9.84 Å². The van der Waals surface area contributed by atoms with Gasteiger partial charge < -0.3 is 15.2 Å². The molecule has 2 rings (SSSR count). The summed E-state index contributed by atoms with van der Waals surface area (Å²) in [5, 5.41) is 13.3. The maximum absolute atomic E-state index is 9.91. The van der Waals surface area contributed by atoms with Gasteiger partial charge in [-0.2, -0.15) is 11.8 Å². The van der Waals surface area contributed by atoms with Gasteiger partial charge in [0.1, 0.15) is 0 Å². The van der Waals surface area contributed by atoms with E-state index in [2.05, 4.69) is 24.4 Å². The number of aliphatic hydroxyl groups is 1. The van der Waals surface area contributed by atoms with Crippen molar-refractivity contribution in [1.82, 2.24) is 5.32 Å². The van der Waals surface area contributed by atoms with Crippen molar-refractivity contribution in [3.8, 4) is 0 Å². The van der Waals surface area contributed by atoms with Gasteiger partial charge in [0, 0.05) is 6.54 Å². The Morgan fingerprint density at radius 1 is 1.40 bits per heavy atom. The third kappa shape index (κ3) is 5.76. The third-order valence-corrected chi connectivity index (χ3v) is 5.63. The molecule has 1 fully saturated rings. The Morgan fingerprint density at radius 3 is 3.00 bits per heavy atom. The van der Waals surface area contributed by atoms with E-state index < -0.39 is 0 Å². The van der Waals surface area contributed by atoms with Gasteiger partial charge in [0.25, 0.3) is 0 Å². The maximum atomic E-state index is 9.91. The van der Waals surface area contributed by atoms with Crippen LogP contribution in [0.5, 0.6) is 0 Å².